The van der Waals surface area contributed by atoms with E-state index in [4.69, 9.17) is 0 Å². The van der Waals surface area contributed by atoms with Crippen molar-refractivity contribution in [1.82, 2.24) is 14.9 Å². The van der Waals surface area contributed by atoms with Crippen LogP contribution in [0.25, 0.3) is 0 Å². The van der Waals surface area contributed by atoms with Gasteiger partial charge in [-0.1, -0.05) is 13.3 Å². The first-order chi connectivity index (χ1) is 6.27. The molecule has 1 atom stereocenters. The van der Waals surface area contributed by atoms with Gasteiger partial charge in [0.15, 0.2) is 0 Å². The highest BCUT2D eigenvalue weighted by Gasteiger charge is 2.08. The second kappa shape index (κ2) is 5.02. The van der Waals surface area contributed by atoms with E-state index in [0.717, 1.165) is 12.2 Å². The summed E-state index contributed by atoms with van der Waals surface area (Å²) in [6.45, 7) is 2.21. The second-order valence-electron chi connectivity index (χ2n) is 3.43. The second-order valence-corrected chi connectivity index (χ2v) is 3.43. The van der Waals surface area contributed by atoms with Crippen molar-refractivity contribution in [2.75, 3.05) is 7.05 Å². The first-order valence-electron chi connectivity index (χ1n) is 4.91. The Morgan fingerprint density at radius 1 is 1.62 bits per heavy atom. The predicted octanol–water partition coefficient (Wildman–Crippen LogP) is 1.35. The molecule has 1 heterocycles. The van der Waals surface area contributed by atoms with Crippen molar-refractivity contribution in [3.63, 3.8) is 0 Å². The molecule has 0 saturated heterocycles. The summed E-state index contributed by atoms with van der Waals surface area (Å²) in [7, 11) is 4.06. The van der Waals surface area contributed by atoms with Gasteiger partial charge in [-0.15, -0.1) is 0 Å². The van der Waals surface area contributed by atoms with Crippen molar-refractivity contribution in [1.29, 1.82) is 0 Å². The van der Waals surface area contributed by atoms with Gasteiger partial charge in [0.1, 0.15) is 5.82 Å². The van der Waals surface area contributed by atoms with E-state index in [0.29, 0.717) is 6.04 Å². The molecule has 0 amide bonds. The lowest BCUT2D eigenvalue weighted by atomic mass is 10.1. The summed E-state index contributed by atoms with van der Waals surface area (Å²) in [5, 5.41) is 3.32. The standard InChI is InChI=1S/C10H19N3/c1-4-5-9(11-2)8-10-12-6-7-13(10)3/h6-7,9,11H,4-5,8H2,1-3H3. The molecule has 0 aliphatic carbocycles. The number of rotatable bonds is 5. The molecule has 0 spiro atoms. The Morgan fingerprint density at radius 2 is 2.38 bits per heavy atom. The number of aryl methyl sites for hydroxylation is 1. The molecule has 0 aromatic carbocycles. The topological polar surface area (TPSA) is 29.9 Å². The fraction of sp³-hybridized carbons (Fsp3) is 0.700. The van der Waals surface area contributed by atoms with Crippen molar-refractivity contribution in [3.8, 4) is 0 Å². The maximum atomic E-state index is 4.31. The number of hydrogen-bond acceptors (Lipinski definition) is 2. The van der Waals surface area contributed by atoms with Crippen LogP contribution in [0.15, 0.2) is 12.4 Å². The first kappa shape index (κ1) is 10.3. The third-order valence-corrected chi connectivity index (χ3v) is 2.40. The van der Waals surface area contributed by atoms with Crippen LogP contribution >= 0.6 is 0 Å². The van der Waals surface area contributed by atoms with E-state index < -0.39 is 0 Å². The molecule has 13 heavy (non-hydrogen) atoms. The van der Waals surface area contributed by atoms with Crippen molar-refractivity contribution in [2.24, 2.45) is 7.05 Å². The molecule has 1 aromatic heterocycles. The number of imidazole rings is 1. The van der Waals surface area contributed by atoms with Crippen molar-refractivity contribution in [3.05, 3.63) is 18.2 Å². The van der Waals surface area contributed by atoms with E-state index in [1.54, 1.807) is 0 Å². The van der Waals surface area contributed by atoms with E-state index in [-0.39, 0.29) is 0 Å². The van der Waals surface area contributed by atoms with E-state index >= 15 is 0 Å². The highest BCUT2D eigenvalue weighted by molar-refractivity contribution is 4.94. The van der Waals surface area contributed by atoms with Crippen LogP contribution in [0.1, 0.15) is 25.6 Å². The van der Waals surface area contributed by atoms with Crippen LogP contribution in [0.5, 0.6) is 0 Å². The van der Waals surface area contributed by atoms with Crippen LogP contribution in [-0.2, 0) is 13.5 Å². The number of nitrogens with zero attached hydrogens (tertiary/aromatic N) is 2. The zero-order valence-corrected chi connectivity index (χ0v) is 8.75. The van der Waals surface area contributed by atoms with Crippen LogP contribution in [0, 0.1) is 0 Å². The van der Waals surface area contributed by atoms with Crippen LogP contribution in [0.2, 0.25) is 0 Å². The smallest absolute Gasteiger partial charge is 0.109 e. The lowest BCUT2D eigenvalue weighted by Gasteiger charge is -2.14. The molecule has 0 aliphatic rings. The molecule has 1 rings (SSSR count). The third kappa shape index (κ3) is 2.84. The molecule has 0 saturated carbocycles. The van der Waals surface area contributed by atoms with E-state index in [1.165, 1.54) is 12.8 Å². The van der Waals surface area contributed by atoms with Gasteiger partial charge in [0.2, 0.25) is 0 Å². The molecule has 74 valence electrons. The lowest BCUT2D eigenvalue weighted by molar-refractivity contribution is 0.497. The van der Waals surface area contributed by atoms with Crippen LogP contribution in [0.4, 0.5) is 0 Å². The summed E-state index contributed by atoms with van der Waals surface area (Å²) in [6.07, 6.45) is 7.30. The Hall–Kier alpha value is -0.830. The Morgan fingerprint density at radius 3 is 2.85 bits per heavy atom. The fourth-order valence-corrected chi connectivity index (χ4v) is 1.51. The predicted molar refractivity (Wildman–Crippen MR) is 54.7 cm³/mol. The zero-order chi connectivity index (χ0) is 9.68. The fourth-order valence-electron chi connectivity index (χ4n) is 1.51. The molecule has 3 nitrogen and oxygen atoms in total. The molecule has 1 unspecified atom stereocenters. The monoisotopic (exact) mass is 181 g/mol. The minimum atomic E-state index is 0.561. The highest BCUT2D eigenvalue weighted by atomic mass is 15.0. The van der Waals surface area contributed by atoms with E-state index in [2.05, 4.69) is 21.8 Å². The number of aromatic nitrogens is 2. The summed E-state index contributed by atoms with van der Waals surface area (Å²) < 4.78 is 2.08. The van der Waals surface area contributed by atoms with Gasteiger partial charge in [-0.25, -0.2) is 4.98 Å². The van der Waals surface area contributed by atoms with Gasteiger partial charge in [0.05, 0.1) is 0 Å². The molecular weight excluding hydrogens is 162 g/mol. The molecule has 1 N–H and O–H groups in total. The van der Waals surface area contributed by atoms with E-state index in [1.807, 2.05) is 26.5 Å². The average molecular weight is 181 g/mol. The zero-order valence-electron chi connectivity index (χ0n) is 8.75. The third-order valence-electron chi connectivity index (χ3n) is 2.40. The molecule has 0 fully saturated rings. The highest BCUT2D eigenvalue weighted by Crippen LogP contribution is 2.04. The van der Waals surface area contributed by atoms with Crippen LogP contribution in [-0.4, -0.2) is 22.6 Å². The maximum Gasteiger partial charge on any atom is 0.109 e. The molecule has 1 aromatic rings. The molecule has 3 heteroatoms. The molecule has 0 bridgehead atoms. The Kier molecular flexibility index (Phi) is 3.96. The summed E-state index contributed by atoms with van der Waals surface area (Å²) in [5.74, 6) is 1.16. The van der Waals surface area contributed by atoms with Crippen molar-refractivity contribution >= 4 is 0 Å². The summed E-state index contributed by atoms with van der Waals surface area (Å²) >= 11 is 0. The van der Waals surface area contributed by atoms with E-state index in [9.17, 15) is 0 Å². The summed E-state index contributed by atoms with van der Waals surface area (Å²) in [4.78, 5) is 4.31. The van der Waals surface area contributed by atoms with Gasteiger partial charge in [-0.2, -0.15) is 0 Å². The normalized spacial score (nSPS) is 13.2. The quantitative estimate of drug-likeness (QED) is 0.743. The molecule has 0 radical (unpaired) electrons. The molecular formula is C10H19N3. The summed E-state index contributed by atoms with van der Waals surface area (Å²) in [6, 6.07) is 0.561. The van der Waals surface area contributed by atoms with Crippen molar-refractivity contribution < 1.29 is 0 Å². The van der Waals surface area contributed by atoms with Crippen LogP contribution < -0.4 is 5.32 Å². The number of nitrogens with one attached hydrogen (secondary N) is 1. The van der Waals surface area contributed by atoms with Crippen LogP contribution in [0.3, 0.4) is 0 Å². The number of likely N-dealkylation sites (N-methyl/N-ethyl adjacent to an activating group) is 1. The summed E-state index contributed by atoms with van der Waals surface area (Å²) in [5.41, 5.74) is 0. The van der Waals surface area contributed by atoms with Gasteiger partial charge >= 0.3 is 0 Å². The minimum absolute atomic E-state index is 0.561. The Labute approximate surface area is 80.2 Å². The van der Waals surface area contributed by atoms with Gasteiger partial charge in [-0.05, 0) is 13.5 Å². The minimum Gasteiger partial charge on any atom is -0.338 e. The van der Waals surface area contributed by atoms with Gasteiger partial charge in [0, 0.05) is 31.9 Å². The van der Waals surface area contributed by atoms with Gasteiger partial charge < -0.3 is 9.88 Å². The first-order valence-corrected chi connectivity index (χ1v) is 4.91. The van der Waals surface area contributed by atoms with Gasteiger partial charge in [0.25, 0.3) is 0 Å². The lowest BCUT2D eigenvalue weighted by Crippen LogP contribution is -2.28. The number of hydrogen-bond donors (Lipinski definition) is 1. The maximum absolute atomic E-state index is 4.31. The Bertz CT molecular complexity index is 242. The van der Waals surface area contributed by atoms with Gasteiger partial charge in [-0.3, -0.25) is 0 Å². The van der Waals surface area contributed by atoms with Crippen molar-refractivity contribution in [2.45, 2.75) is 32.2 Å². The Balaban J connectivity index is 2.51. The molecule has 0 aliphatic heterocycles. The average Bonchev–Trinajstić information content (AvgIpc) is 2.51. The largest absolute Gasteiger partial charge is 0.338 e. The SMILES string of the molecule is CCCC(Cc1nccn1C)NC.